The van der Waals surface area contributed by atoms with Crippen molar-refractivity contribution >= 4 is 0 Å². The number of aromatic nitrogens is 1. The van der Waals surface area contributed by atoms with Crippen LogP contribution in [0.2, 0.25) is 0 Å². The molecule has 1 unspecified atom stereocenters. The van der Waals surface area contributed by atoms with Crippen molar-refractivity contribution in [2.75, 3.05) is 13.6 Å². The molecule has 1 aliphatic heterocycles. The van der Waals surface area contributed by atoms with E-state index < -0.39 is 0 Å². The van der Waals surface area contributed by atoms with Gasteiger partial charge in [0.25, 0.3) is 0 Å². The molecular weight excluding hydrogens is 198 g/mol. The molecule has 2 rings (SSSR count). The molecule has 3 nitrogen and oxygen atoms in total. The number of pyridine rings is 1. The summed E-state index contributed by atoms with van der Waals surface area (Å²) in [6.07, 6.45) is 10.1. The molecule has 0 fully saturated rings. The lowest BCUT2D eigenvalue weighted by Crippen LogP contribution is -2.36. The van der Waals surface area contributed by atoms with E-state index in [4.69, 9.17) is 0 Å². The van der Waals surface area contributed by atoms with Crippen LogP contribution in [0.3, 0.4) is 0 Å². The van der Waals surface area contributed by atoms with E-state index >= 15 is 0 Å². The third kappa shape index (κ3) is 3.21. The number of rotatable bonds is 4. The first-order valence-corrected chi connectivity index (χ1v) is 5.52. The van der Waals surface area contributed by atoms with Gasteiger partial charge >= 0.3 is 0 Å². The van der Waals surface area contributed by atoms with Gasteiger partial charge in [-0.3, -0.25) is 9.88 Å². The maximum atomic E-state index is 4.32. The van der Waals surface area contributed by atoms with E-state index in [2.05, 4.69) is 40.5 Å². The quantitative estimate of drug-likeness (QED) is 0.826. The summed E-state index contributed by atoms with van der Waals surface area (Å²) in [4.78, 5) is 6.59. The number of likely N-dealkylation sites (N-methyl/N-ethyl adjacent to an activating group) is 1. The molecule has 0 saturated carbocycles. The number of hydrogen-bond donors (Lipinski definition) is 1. The van der Waals surface area contributed by atoms with Crippen LogP contribution in [0.4, 0.5) is 0 Å². The number of nitrogens with one attached hydrogen (secondary N) is 1. The van der Waals surface area contributed by atoms with Crippen molar-refractivity contribution in [3.8, 4) is 0 Å². The standard InChI is InChI=1S/C13H17N3/c1-16(10-12-6-2-4-8-14-12)11-13-7-3-5-9-15-13/h2-9,12,14H,10-11H2,1H3. The molecule has 2 heterocycles. The van der Waals surface area contributed by atoms with Gasteiger partial charge in [0, 0.05) is 19.3 Å². The van der Waals surface area contributed by atoms with Gasteiger partial charge in [0.2, 0.25) is 0 Å². The second-order valence-electron chi connectivity index (χ2n) is 4.04. The van der Waals surface area contributed by atoms with Gasteiger partial charge < -0.3 is 5.32 Å². The van der Waals surface area contributed by atoms with E-state index in [1.54, 1.807) is 0 Å². The monoisotopic (exact) mass is 215 g/mol. The lowest BCUT2D eigenvalue weighted by Gasteiger charge is -2.23. The summed E-state index contributed by atoms with van der Waals surface area (Å²) in [5, 5.41) is 3.31. The van der Waals surface area contributed by atoms with Crippen LogP contribution in [-0.4, -0.2) is 29.5 Å². The zero-order valence-corrected chi connectivity index (χ0v) is 9.50. The average Bonchev–Trinajstić information content (AvgIpc) is 2.31. The number of hydrogen-bond acceptors (Lipinski definition) is 3. The molecule has 1 aromatic rings. The molecule has 0 amide bonds. The molecule has 84 valence electrons. The number of nitrogens with zero attached hydrogens (tertiary/aromatic N) is 2. The molecule has 0 bridgehead atoms. The molecule has 0 radical (unpaired) electrons. The van der Waals surface area contributed by atoms with Crippen LogP contribution in [0, 0.1) is 0 Å². The maximum Gasteiger partial charge on any atom is 0.0569 e. The SMILES string of the molecule is CN(Cc1ccccn1)CC1C=CC=CN1. The molecule has 0 aromatic carbocycles. The molecule has 3 heteroatoms. The lowest BCUT2D eigenvalue weighted by atomic mass is 10.2. The van der Waals surface area contributed by atoms with Gasteiger partial charge in [-0.2, -0.15) is 0 Å². The Balaban J connectivity index is 1.82. The maximum absolute atomic E-state index is 4.32. The molecule has 16 heavy (non-hydrogen) atoms. The van der Waals surface area contributed by atoms with Crippen molar-refractivity contribution in [1.82, 2.24) is 15.2 Å². The Bertz CT molecular complexity index is 370. The highest BCUT2D eigenvalue weighted by Crippen LogP contribution is 2.02. The van der Waals surface area contributed by atoms with Crippen molar-refractivity contribution in [2.24, 2.45) is 0 Å². The number of allylic oxidation sites excluding steroid dienone is 2. The van der Waals surface area contributed by atoms with Gasteiger partial charge in [0.1, 0.15) is 0 Å². The summed E-state index contributed by atoms with van der Waals surface area (Å²) in [5.41, 5.74) is 1.11. The Hall–Kier alpha value is -1.61. The fourth-order valence-electron chi connectivity index (χ4n) is 1.77. The first-order valence-electron chi connectivity index (χ1n) is 5.52. The Morgan fingerprint density at radius 1 is 1.38 bits per heavy atom. The molecule has 0 aliphatic carbocycles. The zero-order chi connectivity index (χ0) is 11.2. The second-order valence-corrected chi connectivity index (χ2v) is 4.04. The Labute approximate surface area is 96.5 Å². The fraction of sp³-hybridized carbons (Fsp3) is 0.308. The van der Waals surface area contributed by atoms with E-state index in [1.807, 2.05) is 30.6 Å². The topological polar surface area (TPSA) is 28.2 Å². The van der Waals surface area contributed by atoms with Crippen LogP contribution in [0.1, 0.15) is 5.69 Å². The van der Waals surface area contributed by atoms with E-state index in [1.165, 1.54) is 0 Å². The fourth-order valence-corrected chi connectivity index (χ4v) is 1.77. The van der Waals surface area contributed by atoms with Crippen LogP contribution in [-0.2, 0) is 6.54 Å². The van der Waals surface area contributed by atoms with Gasteiger partial charge in [-0.15, -0.1) is 0 Å². The predicted octanol–water partition coefficient (Wildman–Crippen LogP) is 1.56. The normalized spacial score (nSPS) is 18.8. The molecule has 1 aromatic heterocycles. The Morgan fingerprint density at radius 2 is 2.31 bits per heavy atom. The average molecular weight is 215 g/mol. The Morgan fingerprint density at radius 3 is 3.00 bits per heavy atom. The van der Waals surface area contributed by atoms with Crippen LogP contribution >= 0.6 is 0 Å². The minimum absolute atomic E-state index is 0.402. The van der Waals surface area contributed by atoms with Gasteiger partial charge in [-0.1, -0.05) is 18.2 Å². The highest BCUT2D eigenvalue weighted by molar-refractivity contribution is 5.12. The first-order chi connectivity index (χ1) is 7.84. The van der Waals surface area contributed by atoms with Crippen LogP contribution < -0.4 is 5.32 Å². The van der Waals surface area contributed by atoms with Gasteiger partial charge in [-0.05, 0) is 31.5 Å². The summed E-state index contributed by atoms with van der Waals surface area (Å²) in [6, 6.07) is 6.43. The van der Waals surface area contributed by atoms with E-state index in [-0.39, 0.29) is 0 Å². The number of dihydropyridines is 1. The van der Waals surface area contributed by atoms with E-state index in [0.717, 1.165) is 18.8 Å². The molecule has 0 spiro atoms. The summed E-state index contributed by atoms with van der Waals surface area (Å²) < 4.78 is 0. The van der Waals surface area contributed by atoms with Gasteiger partial charge in [-0.25, -0.2) is 0 Å². The highest BCUT2D eigenvalue weighted by Gasteiger charge is 2.08. The first kappa shape index (κ1) is 10.9. The summed E-state index contributed by atoms with van der Waals surface area (Å²) >= 11 is 0. The van der Waals surface area contributed by atoms with Gasteiger partial charge in [0.05, 0.1) is 11.7 Å². The summed E-state index contributed by atoms with van der Waals surface area (Å²) in [7, 11) is 2.11. The largest absolute Gasteiger partial charge is 0.383 e. The second kappa shape index (κ2) is 5.47. The van der Waals surface area contributed by atoms with Gasteiger partial charge in [0.15, 0.2) is 0 Å². The summed E-state index contributed by atoms with van der Waals surface area (Å²) in [6.45, 7) is 1.87. The minimum atomic E-state index is 0.402. The minimum Gasteiger partial charge on any atom is -0.383 e. The highest BCUT2D eigenvalue weighted by atomic mass is 15.1. The van der Waals surface area contributed by atoms with E-state index in [0.29, 0.717) is 6.04 Å². The van der Waals surface area contributed by atoms with Crippen molar-refractivity contribution in [3.63, 3.8) is 0 Å². The molecular formula is C13H17N3. The molecule has 1 aliphatic rings. The Kier molecular flexibility index (Phi) is 3.72. The summed E-state index contributed by atoms with van der Waals surface area (Å²) in [5.74, 6) is 0. The zero-order valence-electron chi connectivity index (χ0n) is 9.50. The lowest BCUT2D eigenvalue weighted by molar-refractivity contribution is 0.305. The molecule has 1 atom stereocenters. The van der Waals surface area contributed by atoms with Crippen molar-refractivity contribution < 1.29 is 0 Å². The smallest absolute Gasteiger partial charge is 0.0569 e. The van der Waals surface area contributed by atoms with E-state index in [9.17, 15) is 0 Å². The molecule has 1 N–H and O–H groups in total. The van der Waals surface area contributed by atoms with Crippen molar-refractivity contribution in [1.29, 1.82) is 0 Å². The van der Waals surface area contributed by atoms with Crippen LogP contribution in [0.15, 0.2) is 48.8 Å². The predicted molar refractivity (Wildman–Crippen MR) is 65.8 cm³/mol. The molecule has 0 saturated heterocycles. The van der Waals surface area contributed by atoms with Crippen molar-refractivity contribution in [2.45, 2.75) is 12.6 Å². The third-order valence-corrected chi connectivity index (χ3v) is 2.53. The third-order valence-electron chi connectivity index (χ3n) is 2.53. The van der Waals surface area contributed by atoms with Crippen molar-refractivity contribution in [3.05, 3.63) is 54.5 Å². The van der Waals surface area contributed by atoms with Crippen LogP contribution in [0.5, 0.6) is 0 Å². The van der Waals surface area contributed by atoms with Crippen LogP contribution in [0.25, 0.3) is 0 Å².